The van der Waals surface area contributed by atoms with E-state index in [4.69, 9.17) is 0 Å². The normalized spacial score (nSPS) is 43.7. The van der Waals surface area contributed by atoms with Gasteiger partial charge in [0.15, 0.2) is 0 Å². The van der Waals surface area contributed by atoms with Gasteiger partial charge in [0.05, 0.1) is 17.5 Å². The second-order valence-corrected chi connectivity index (χ2v) is 6.50. The molecule has 1 aromatic carbocycles. The van der Waals surface area contributed by atoms with Crippen molar-refractivity contribution in [3.63, 3.8) is 0 Å². The van der Waals surface area contributed by atoms with Gasteiger partial charge in [-0.15, -0.1) is 0 Å². The van der Waals surface area contributed by atoms with Gasteiger partial charge in [-0.2, -0.15) is 0 Å². The largest absolute Gasteiger partial charge is 0.274 e. The standard InChI is InChI=1S/C17H15NO2/c19-16-14-10-6-7-11(13-8-12(10)13)15(14)17(20)18(16)9-4-2-1-3-5-9/h1-7,10-15H,8H2/t10-,11+,12-,13-,14+,15-/m0/s1. The number of benzene rings is 1. The molecule has 5 aliphatic rings. The fourth-order valence-corrected chi connectivity index (χ4v) is 4.79. The van der Waals surface area contributed by atoms with Gasteiger partial charge in [-0.05, 0) is 42.2 Å². The molecule has 3 nitrogen and oxygen atoms in total. The summed E-state index contributed by atoms with van der Waals surface area (Å²) < 4.78 is 0. The molecule has 2 amide bonds. The lowest BCUT2D eigenvalue weighted by Crippen LogP contribution is -2.40. The second kappa shape index (κ2) is 3.40. The van der Waals surface area contributed by atoms with E-state index in [-0.39, 0.29) is 23.7 Å². The second-order valence-electron chi connectivity index (χ2n) is 6.50. The van der Waals surface area contributed by atoms with Crippen molar-refractivity contribution in [1.82, 2.24) is 0 Å². The molecule has 2 saturated carbocycles. The summed E-state index contributed by atoms with van der Waals surface area (Å²) in [6.07, 6.45) is 5.63. The maximum atomic E-state index is 12.8. The molecule has 6 rings (SSSR count). The van der Waals surface area contributed by atoms with Crippen molar-refractivity contribution < 1.29 is 9.59 Å². The Labute approximate surface area is 117 Å². The molecule has 6 atom stereocenters. The molecule has 1 saturated heterocycles. The van der Waals surface area contributed by atoms with Crippen LogP contribution < -0.4 is 4.90 Å². The van der Waals surface area contributed by atoms with E-state index < -0.39 is 0 Å². The fraction of sp³-hybridized carbons (Fsp3) is 0.412. The van der Waals surface area contributed by atoms with Crippen LogP contribution in [0.1, 0.15) is 6.42 Å². The minimum Gasteiger partial charge on any atom is -0.274 e. The first kappa shape index (κ1) is 10.8. The fourth-order valence-electron chi connectivity index (χ4n) is 4.79. The number of carbonyl (C=O) groups is 2. The molecule has 20 heavy (non-hydrogen) atoms. The summed E-state index contributed by atoms with van der Waals surface area (Å²) in [6.45, 7) is 0. The lowest BCUT2D eigenvalue weighted by molar-refractivity contribution is -0.124. The van der Waals surface area contributed by atoms with Crippen molar-refractivity contribution in [1.29, 1.82) is 0 Å². The molecule has 4 aliphatic carbocycles. The highest BCUT2D eigenvalue weighted by atomic mass is 16.2. The van der Waals surface area contributed by atoms with Gasteiger partial charge in [0.2, 0.25) is 11.8 Å². The SMILES string of the molecule is O=C1[C@@H]2[C@H]3C=C[C@H]([C@@H]4C[C@@H]34)[C@@H]2C(=O)N1c1ccccc1. The molecule has 100 valence electrons. The van der Waals surface area contributed by atoms with Gasteiger partial charge < -0.3 is 0 Å². The number of nitrogens with zero attached hydrogens (tertiary/aromatic N) is 1. The molecule has 1 aliphatic heterocycles. The smallest absolute Gasteiger partial charge is 0.238 e. The summed E-state index contributed by atoms with van der Waals surface area (Å²) in [7, 11) is 0. The van der Waals surface area contributed by atoms with Gasteiger partial charge in [0.1, 0.15) is 0 Å². The Morgan fingerprint density at radius 3 is 1.95 bits per heavy atom. The van der Waals surface area contributed by atoms with E-state index in [1.165, 1.54) is 11.3 Å². The Bertz CT molecular complexity index is 614. The summed E-state index contributed by atoms with van der Waals surface area (Å²) in [5.41, 5.74) is 0.727. The van der Waals surface area contributed by atoms with Gasteiger partial charge in [0.25, 0.3) is 0 Å². The Morgan fingerprint density at radius 1 is 0.850 bits per heavy atom. The molecule has 0 unspecified atom stereocenters. The van der Waals surface area contributed by atoms with Crippen molar-refractivity contribution in [2.45, 2.75) is 6.42 Å². The minimum atomic E-state index is -0.0959. The first-order valence-corrected chi connectivity index (χ1v) is 7.38. The zero-order valence-corrected chi connectivity index (χ0v) is 11.0. The molecule has 3 fully saturated rings. The maximum Gasteiger partial charge on any atom is 0.238 e. The number of carbonyl (C=O) groups excluding carboxylic acids is 2. The Morgan fingerprint density at radius 2 is 1.40 bits per heavy atom. The quantitative estimate of drug-likeness (QED) is 0.577. The van der Waals surface area contributed by atoms with Gasteiger partial charge in [0, 0.05) is 0 Å². The predicted molar refractivity (Wildman–Crippen MR) is 73.6 cm³/mol. The molecule has 1 heterocycles. The third-order valence-corrected chi connectivity index (χ3v) is 5.68. The van der Waals surface area contributed by atoms with E-state index in [1.807, 2.05) is 30.3 Å². The van der Waals surface area contributed by atoms with Gasteiger partial charge in [-0.25, -0.2) is 0 Å². The van der Waals surface area contributed by atoms with Crippen LogP contribution in [0.2, 0.25) is 0 Å². The van der Waals surface area contributed by atoms with Crippen LogP contribution in [0.4, 0.5) is 5.69 Å². The van der Waals surface area contributed by atoms with Crippen LogP contribution >= 0.6 is 0 Å². The summed E-state index contributed by atoms with van der Waals surface area (Å²) in [5.74, 6) is 1.80. The summed E-state index contributed by atoms with van der Waals surface area (Å²) in [5, 5.41) is 0. The van der Waals surface area contributed by atoms with Gasteiger partial charge in [-0.3, -0.25) is 14.5 Å². The summed E-state index contributed by atoms with van der Waals surface area (Å²) in [6, 6.07) is 9.36. The van der Waals surface area contributed by atoms with Crippen molar-refractivity contribution >= 4 is 17.5 Å². The van der Waals surface area contributed by atoms with Crippen molar-refractivity contribution in [3.8, 4) is 0 Å². The predicted octanol–water partition coefficient (Wildman–Crippen LogP) is 2.24. The number of anilines is 1. The third-order valence-electron chi connectivity index (χ3n) is 5.68. The zero-order chi connectivity index (χ0) is 13.4. The average Bonchev–Trinajstić information content (AvgIpc) is 3.25. The van der Waals surface area contributed by atoms with Crippen LogP contribution in [0.25, 0.3) is 0 Å². The monoisotopic (exact) mass is 265 g/mol. The lowest BCUT2D eigenvalue weighted by Gasteiger charge is -2.37. The molecule has 2 bridgehead atoms. The molecular formula is C17H15NO2. The number of amides is 2. The molecule has 0 radical (unpaired) electrons. The molecule has 0 N–H and O–H groups in total. The Hall–Kier alpha value is -1.90. The Kier molecular flexibility index (Phi) is 1.84. The molecule has 0 spiro atoms. The highest BCUT2D eigenvalue weighted by molar-refractivity contribution is 6.22. The van der Waals surface area contributed by atoms with E-state index in [1.54, 1.807) is 0 Å². The van der Waals surface area contributed by atoms with Crippen LogP contribution in [-0.4, -0.2) is 11.8 Å². The van der Waals surface area contributed by atoms with E-state index in [0.717, 1.165) is 5.69 Å². The molecular weight excluding hydrogens is 250 g/mol. The van der Waals surface area contributed by atoms with E-state index in [9.17, 15) is 9.59 Å². The molecule has 0 aromatic heterocycles. The average molecular weight is 265 g/mol. The van der Waals surface area contributed by atoms with Crippen LogP contribution in [0, 0.1) is 35.5 Å². The van der Waals surface area contributed by atoms with Crippen LogP contribution in [0.15, 0.2) is 42.5 Å². The first-order valence-electron chi connectivity index (χ1n) is 7.38. The number of hydrogen-bond acceptors (Lipinski definition) is 2. The van der Waals surface area contributed by atoms with Gasteiger partial charge in [-0.1, -0.05) is 30.4 Å². The van der Waals surface area contributed by atoms with Crippen molar-refractivity contribution in [3.05, 3.63) is 42.5 Å². The highest BCUT2D eigenvalue weighted by Gasteiger charge is 2.67. The van der Waals surface area contributed by atoms with Crippen molar-refractivity contribution in [2.75, 3.05) is 4.90 Å². The van der Waals surface area contributed by atoms with E-state index in [2.05, 4.69) is 12.2 Å². The number of rotatable bonds is 1. The van der Waals surface area contributed by atoms with Crippen LogP contribution in [-0.2, 0) is 9.59 Å². The number of para-hydroxylation sites is 1. The van der Waals surface area contributed by atoms with E-state index in [0.29, 0.717) is 23.7 Å². The highest BCUT2D eigenvalue weighted by Crippen LogP contribution is 2.65. The molecule has 3 heteroatoms. The summed E-state index contributed by atoms with van der Waals surface area (Å²) in [4.78, 5) is 27.0. The first-order chi connectivity index (χ1) is 9.77. The summed E-state index contributed by atoms with van der Waals surface area (Å²) >= 11 is 0. The zero-order valence-electron chi connectivity index (χ0n) is 11.0. The van der Waals surface area contributed by atoms with Crippen LogP contribution in [0.5, 0.6) is 0 Å². The molecule has 1 aromatic rings. The minimum absolute atomic E-state index is 0.0240. The maximum absolute atomic E-state index is 12.8. The van der Waals surface area contributed by atoms with Crippen LogP contribution in [0.3, 0.4) is 0 Å². The number of hydrogen-bond donors (Lipinski definition) is 0. The number of imide groups is 1. The number of allylic oxidation sites excluding steroid dienone is 2. The van der Waals surface area contributed by atoms with Gasteiger partial charge >= 0.3 is 0 Å². The van der Waals surface area contributed by atoms with Crippen molar-refractivity contribution in [2.24, 2.45) is 35.5 Å². The van der Waals surface area contributed by atoms with E-state index >= 15 is 0 Å². The lowest BCUT2D eigenvalue weighted by atomic mass is 9.63. The Balaban J connectivity index is 1.61. The third kappa shape index (κ3) is 1.13. The topological polar surface area (TPSA) is 37.4 Å².